The van der Waals surface area contributed by atoms with E-state index in [2.05, 4.69) is 67.1 Å². The Kier molecular flexibility index (Phi) is 2.75. The summed E-state index contributed by atoms with van der Waals surface area (Å²) >= 11 is 0. The lowest BCUT2D eigenvalue weighted by Gasteiger charge is -2.11. The maximum atomic E-state index is 2.35. The molecule has 0 unspecified atom stereocenters. The van der Waals surface area contributed by atoms with Crippen LogP contribution in [0.2, 0.25) is 0 Å². The summed E-state index contributed by atoms with van der Waals surface area (Å²) in [5.74, 6) is 0. The second-order valence-electron chi connectivity index (χ2n) is 4.94. The predicted octanol–water partition coefficient (Wildman–Crippen LogP) is 3.45. The topological polar surface area (TPSA) is 3.88 Å². The van der Waals surface area contributed by atoms with Crippen molar-refractivity contribution in [1.82, 2.24) is 0 Å². The third-order valence-electron chi connectivity index (χ3n) is 3.79. The van der Waals surface area contributed by atoms with Gasteiger partial charge < -0.3 is 0 Å². The molecule has 1 heterocycles. The fourth-order valence-electron chi connectivity index (χ4n) is 2.74. The van der Waals surface area contributed by atoms with Crippen molar-refractivity contribution in [2.24, 2.45) is 7.05 Å². The number of hydrogen-bond acceptors (Lipinski definition) is 0. The molecule has 0 saturated carbocycles. The Morgan fingerprint density at radius 3 is 2.72 bits per heavy atom. The molecule has 0 amide bonds. The van der Waals surface area contributed by atoms with Crippen molar-refractivity contribution >= 4 is 6.08 Å². The molecule has 3 rings (SSSR count). The highest BCUT2D eigenvalue weighted by molar-refractivity contribution is 5.63. The molecule has 0 atom stereocenters. The van der Waals surface area contributed by atoms with Crippen LogP contribution >= 0.6 is 0 Å². The highest BCUT2D eigenvalue weighted by Gasteiger charge is 2.20. The number of hydrogen-bond donors (Lipinski definition) is 0. The van der Waals surface area contributed by atoms with Crippen LogP contribution in [0.25, 0.3) is 17.3 Å². The molecule has 0 spiro atoms. The van der Waals surface area contributed by atoms with E-state index in [0.717, 1.165) is 12.8 Å². The average molecular weight is 236 g/mol. The highest BCUT2D eigenvalue weighted by atomic mass is 14.9. The summed E-state index contributed by atoms with van der Waals surface area (Å²) in [5.41, 5.74) is 6.78. The molecule has 1 aliphatic carbocycles. The predicted molar refractivity (Wildman–Crippen MR) is 75.1 cm³/mol. The van der Waals surface area contributed by atoms with E-state index >= 15 is 0 Å². The maximum absolute atomic E-state index is 2.35. The van der Waals surface area contributed by atoms with Gasteiger partial charge in [0, 0.05) is 23.6 Å². The van der Waals surface area contributed by atoms with Crippen LogP contribution in [0.15, 0.2) is 42.5 Å². The number of aryl methyl sites for hydroxylation is 1. The summed E-state index contributed by atoms with van der Waals surface area (Å²) in [6.45, 7) is 2.18. The molecule has 0 aliphatic heterocycles. The van der Waals surface area contributed by atoms with E-state index in [4.69, 9.17) is 0 Å². The van der Waals surface area contributed by atoms with Gasteiger partial charge in [0.05, 0.1) is 0 Å². The van der Waals surface area contributed by atoms with Crippen molar-refractivity contribution in [3.8, 4) is 11.3 Å². The lowest BCUT2D eigenvalue weighted by molar-refractivity contribution is -0.668. The molecule has 90 valence electrons. The Hall–Kier alpha value is -1.89. The molecule has 1 aromatic heterocycles. The smallest absolute Gasteiger partial charge is 0.198 e. The highest BCUT2D eigenvalue weighted by Crippen LogP contribution is 2.23. The van der Waals surface area contributed by atoms with E-state index in [1.54, 1.807) is 0 Å². The van der Waals surface area contributed by atoms with Crippen molar-refractivity contribution in [3.63, 3.8) is 0 Å². The molecule has 18 heavy (non-hydrogen) atoms. The third kappa shape index (κ3) is 1.76. The summed E-state index contributed by atoms with van der Waals surface area (Å²) < 4.78 is 2.35. The summed E-state index contributed by atoms with van der Waals surface area (Å²) in [6, 6.07) is 13.1. The first-order valence-electron chi connectivity index (χ1n) is 6.52. The molecular weight excluding hydrogens is 218 g/mol. The summed E-state index contributed by atoms with van der Waals surface area (Å²) in [6.07, 6.45) is 6.79. The van der Waals surface area contributed by atoms with Crippen LogP contribution in [0.3, 0.4) is 0 Å². The van der Waals surface area contributed by atoms with Crippen molar-refractivity contribution in [3.05, 3.63) is 59.3 Å². The van der Waals surface area contributed by atoms with Gasteiger partial charge in [0.1, 0.15) is 7.05 Å². The molecule has 0 fully saturated rings. The maximum Gasteiger partial charge on any atom is 0.212 e. The van der Waals surface area contributed by atoms with Crippen molar-refractivity contribution in [1.29, 1.82) is 0 Å². The van der Waals surface area contributed by atoms with Crippen molar-refractivity contribution in [2.75, 3.05) is 0 Å². The first-order valence-corrected chi connectivity index (χ1v) is 6.52. The second-order valence-corrected chi connectivity index (χ2v) is 4.94. The van der Waals surface area contributed by atoms with Gasteiger partial charge in [0.25, 0.3) is 0 Å². The van der Waals surface area contributed by atoms with E-state index < -0.39 is 0 Å². The largest absolute Gasteiger partial charge is 0.212 e. The van der Waals surface area contributed by atoms with Gasteiger partial charge in [0.2, 0.25) is 5.69 Å². The van der Waals surface area contributed by atoms with Gasteiger partial charge in [-0.2, -0.15) is 4.57 Å². The van der Waals surface area contributed by atoms with Crippen molar-refractivity contribution in [2.45, 2.75) is 19.8 Å². The van der Waals surface area contributed by atoms with Crippen LogP contribution in [0.4, 0.5) is 0 Å². The molecular formula is C17H18N+. The number of fused-ring (bicyclic) bond motifs is 1. The summed E-state index contributed by atoms with van der Waals surface area (Å²) in [4.78, 5) is 0. The first-order chi connectivity index (χ1) is 8.77. The minimum Gasteiger partial charge on any atom is -0.198 e. The zero-order valence-corrected chi connectivity index (χ0v) is 11.0. The normalized spacial score (nSPS) is 13.4. The standard InChI is InChI=1S/C17H18N/c1-13-7-3-5-9-15(13)17-12-11-14-8-4-6-10-16(14)18(17)2/h3-5,7-9,11-12H,6,10H2,1-2H3/q+1. The number of allylic oxidation sites excluding steroid dienone is 1. The average Bonchev–Trinajstić information content (AvgIpc) is 2.41. The number of benzene rings is 1. The van der Waals surface area contributed by atoms with Crippen LogP contribution in [0.5, 0.6) is 0 Å². The van der Waals surface area contributed by atoms with Crippen LogP contribution < -0.4 is 4.57 Å². The number of nitrogens with zero attached hydrogens (tertiary/aromatic N) is 1. The fourth-order valence-corrected chi connectivity index (χ4v) is 2.74. The quantitative estimate of drug-likeness (QED) is 0.668. The van der Waals surface area contributed by atoms with Crippen LogP contribution in [0.1, 0.15) is 23.2 Å². The van der Waals surface area contributed by atoms with Gasteiger partial charge in [0.15, 0.2) is 5.69 Å². The molecule has 1 heteroatoms. The summed E-state index contributed by atoms with van der Waals surface area (Å²) in [7, 11) is 2.18. The van der Waals surface area contributed by atoms with Crippen LogP contribution in [-0.2, 0) is 13.5 Å². The number of rotatable bonds is 1. The van der Waals surface area contributed by atoms with Gasteiger partial charge in [-0.15, -0.1) is 0 Å². The Balaban J connectivity index is 2.20. The van der Waals surface area contributed by atoms with Gasteiger partial charge in [-0.3, -0.25) is 0 Å². The zero-order chi connectivity index (χ0) is 12.5. The molecule has 0 saturated heterocycles. The number of pyridine rings is 1. The molecule has 0 bridgehead atoms. The molecule has 0 radical (unpaired) electrons. The van der Waals surface area contributed by atoms with E-state index in [1.807, 2.05) is 0 Å². The lowest BCUT2D eigenvalue weighted by atomic mass is 9.99. The molecule has 1 nitrogen and oxygen atoms in total. The van der Waals surface area contributed by atoms with E-state index in [1.165, 1.54) is 28.1 Å². The fraction of sp³-hybridized carbons (Fsp3) is 0.235. The van der Waals surface area contributed by atoms with Gasteiger partial charge >= 0.3 is 0 Å². The van der Waals surface area contributed by atoms with Crippen molar-refractivity contribution < 1.29 is 4.57 Å². The Morgan fingerprint density at radius 2 is 1.89 bits per heavy atom. The second kappa shape index (κ2) is 4.41. The Bertz CT molecular complexity index is 624. The molecule has 1 aliphatic rings. The first kappa shape index (κ1) is 11.2. The number of aromatic nitrogens is 1. The van der Waals surface area contributed by atoms with Crippen LogP contribution in [-0.4, -0.2) is 0 Å². The molecule has 1 aromatic carbocycles. The Labute approximate surface area is 108 Å². The molecule has 2 aromatic rings. The minimum absolute atomic E-state index is 1.14. The summed E-state index contributed by atoms with van der Waals surface area (Å²) in [5, 5.41) is 0. The van der Waals surface area contributed by atoms with E-state index in [0.29, 0.717) is 0 Å². The van der Waals surface area contributed by atoms with Gasteiger partial charge in [-0.1, -0.05) is 30.4 Å². The van der Waals surface area contributed by atoms with Crippen LogP contribution in [0, 0.1) is 6.92 Å². The Morgan fingerprint density at radius 1 is 1.06 bits per heavy atom. The van der Waals surface area contributed by atoms with Gasteiger partial charge in [-0.25, -0.2) is 0 Å². The SMILES string of the molecule is Cc1ccccc1-c1ccc2c([n+]1C)CCC=C2. The molecule has 0 N–H and O–H groups in total. The zero-order valence-electron chi connectivity index (χ0n) is 11.0. The third-order valence-corrected chi connectivity index (χ3v) is 3.79. The van der Waals surface area contributed by atoms with Gasteiger partial charge in [-0.05, 0) is 31.0 Å². The van der Waals surface area contributed by atoms with E-state index in [-0.39, 0.29) is 0 Å². The minimum atomic E-state index is 1.14. The van der Waals surface area contributed by atoms with E-state index in [9.17, 15) is 0 Å². The monoisotopic (exact) mass is 236 g/mol. The lowest BCUT2D eigenvalue weighted by Crippen LogP contribution is -2.37.